The average Bonchev–Trinajstić information content (AvgIpc) is 3.11. The van der Waals surface area contributed by atoms with Gasteiger partial charge in [-0.25, -0.2) is 4.98 Å². The molecule has 1 amide bonds. The van der Waals surface area contributed by atoms with Gasteiger partial charge in [0.2, 0.25) is 11.8 Å². The lowest BCUT2D eigenvalue weighted by molar-refractivity contribution is -0.132. The number of hydrogen-bond acceptors (Lipinski definition) is 5. The van der Waals surface area contributed by atoms with Crippen molar-refractivity contribution in [2.75, 3.05) is 13.7 Å². The molecule has 0 bridgehead atoms. The lowest BCUT2D eigenvalue weighted by Gasteiger charge is -2.28. The third-order valence-corrected chi connectivity index (χ3v) is 5.66. The van der Waals surface area contributed by atoms with Crippen molar-refractivity contribution in [3.63, 3.8) is 0 Å². The monoisotopic (exact) mass is 420 g/mol. The summed E-state index contributed by atoms with van der Waals surface area (Å²) in [4.78, 5) is 19.2. The van der Waals surface area contributed by atoms with Gasteiger partial charge in [-0.05, 0) is 37.1 Å². The topological polar surface area (TPSA) is 69.5 Å². The fraction of sp³-hybridized carbons (Fsp3) is 0.375. The molecule has 0 atom stereocenters. The fourth-order valence-electron chi connectivity index (χ4n) is 3.98. The first-order chi connectivity index (χ1) is 15.0. The van der Waals surface area contributed by atoms with E-state index in [2.05, 4.69) is 10.1 Å². The number of methoxy groups -OCH3 is 1. The Labute approximate surface area is 182 Å². The van der Waals surface area contributed by atoms with Crippen molar-refractivity contribution < 1.29 is 14.3 Å². The van der Waals surface area contributed by atoms with Crippen LogP contribution in [0.2, 0.25) is 0 Å². The summed E-state index contributed by atoms with van der Waals surface area (Å²) in [6, 6.07) is 13.6. The Morgan fingerprint density at radius 3 is 2.84 bits per heavy atom. The third kappa shape index (κ3) is 4.87. The van der Waals surface area contributed by atoms with E-state index < -0.39 is 0 Å². The summed E-state index contributed by atoms with van der Waals surface area (Å²) in [5.74, 6) is 1.56. The fourth-order valence-corrected chi connectivity index (χ4v) is 3.98. The van der Waals surface area contributed by atoms with Crippen LogP contribution in [0.25, 0.3) is 0 Å². The second kappa shape index (κ2) is 9.20. The van der Waals surface area contributed by atoms with Crippen molar-refractivity contribution >= 4 is 5.91 Å². The van der Waals surface area contributed by atoms with Crippen molar-refractivity contribution in [1.29, 1.82) is 0 Å². The summed E-state index contributed by atoms with van der Waals surface area (Å²) >= 11 is 0. The number of aryl methyl sites for hydroxylation is 3. The molecule has 3 heterocycles. The molecular weight excluding hydrogens is 392 g/mol. The zero-order chi connectivity index (χ0) is 21.8. The molecule has 0 saturated carbocycles. The molecule has 0 fully saturated rings. The lowest BCUT2D eigenvalue weighted by Crippen LogP contribution is -2.36. The van der Waals surface area contributed by atoms with Crippen LogP contribution in [0.3, 0.4) is 0 Å². The minimum absolute atomic E-state index is 0.157. The molecule has 2 aromatic heterocycles. The van der Waals surface area contributed by atoms with Crippen LogP contribution in [0, 0.1) is 6.92 Å². The Balaban J connectivity index is 1.40. The van der Waals surface area contributed by atoms with Crippen LogP contribution in [0.1, 0.15) is 34.6 Å². The van der Waals surface area contributed by atoms with E-state index in [4.69, 9.17) is 9.47 Å². The van der Waals surface area contributed by atoms with E-state index in [1.54, 1.807) is 7.11 Å². The van der Waals surface area contributed by atoms with Gasteiger partial charge in [-0.2, -0.15) is 5.10 Å². The highest BCUT2D eigenvalue weighted by Crippen LogP contribution is 2.24. The van der Waals surface area contributed by atoms with Gasteiger partial charge >= 0.3 is 0 Å². The molecule has 0 saturated heterocycles. The number of amides is 1. The first kappa shape index (κ1) is 20.9. The van der Waals surface area contributed by atoms with Crippen molar-refractivity contribution in [2.24, 2.45) is 7.05 Å². The van der Waals surface area contributed by atoms with Gasteiger partial charge in [-0.3, -0.25) is 9.48 Å². The molecule has 7 nitrogen and oxygen atoms in total. The number of carbonyl (C=O) groups excluding carboxylic acids is 1. The van der Waals surface area contributed by atoms with E-state index in [1.165, 1.54) is 5.69 Å². The Bertz CT molecular complexity index is 1080. The predicted molar refractivity (Wildman–Crippen MR) is 117 cm³/mol. The number of carbonyl (C=O) groups is 1. The van der Waals surface area contributed by atoms with Gasteiger partial charge in [0.05, 0.1) is 7.11 Å². The standard InChI is InChI=1S/C24H28N4O3/c1-17-6-4-9-23(25-17)31-16-21-20-15-28(13-12-22(20)27(2)26-21)24(29)11-10-18-7-5-8-19(14-18)30-3/h4-9,14H,10-13,15-16H2,1-3H3. The highest BCUT2D eigenvalue weighted by atomic mass is 16.5. The van der Waals surface area contributed by atoms with E-state index in [9.17, 15) is 4.79 Å². The molecule has 0 unspecified atom stereocenters. The van der Waals surface area contributed by atoms with E-state index in [0.29, 0.717) is 38.4 Å². The molecule has 0 aliphatic carbocycles. The minimum atomic E-state index is 0.157. The molecule has 0 N–H and O–H groups in total. The smallest absolute Gasteiger partial charge is 0.223 e. The van der Waals surface area contributed by atoms with Crippen molar-refractivity contribution in [1.82, 2.24) is 19.7 Å². The zero-order valence-electron chi connectivity index (χ0n) is 18.3. The van der Waals surface area contributed by atoms with Crippen molar-refractivity contribution in [3.8, 4) is 11.6 Å². The van der Waals surface area contributed by atoms with Crippen LogP contribution in [0.15, 0.2) is 42.5 Å². The minimum Gasteiger partial charge on any atom is -0.497 e. The molecule has 1 aliphatic heterocycles. The first-order valence-electron chi connectivity index (χ1n) is 10.5. The largest absolute Gasteiger partial charge is 0.497 e. The van der Waals surface area contributed by atoms with Gasteiger partial charge in [0.1, 0.15) is 18.1 Å². The SMILES string of the molecule is COc1cccc(CCC(=O)N2CCc3c(c(COc4cccc(C)n4)nn3C)C2)c1. The van der Waals surface area contributed by atoms with E-state index in [0.717, 1.165) is 34.7 Å². The maximum atomic E-state index is 12.9. The van der Waals surface area contributed by atoms with E-state index >= 15 is 0 Å². The van der Waals surface area contributed by atoms with Crippen LogP contribution in [0.4, 0.5) is 0 Å². The van der Waals surface area contributed by atoms with Crippen molar-refractivity contribution in [2.45, 2.75) is 39.3 Å². The number of hydrogen-bond donors (Lipinski definition) is 0. The molecule has 31 heavy (non-hydrogen) atoms. The Morgan fingerprint density at radius 1 is 1.19 bits per heavy atom. The molecule has 4 rings (SSSR count). The molecule has 0 spiro atoms. The van der Waals surface area contributed by atoms with Crippen LogP contribution in [0.5, 0.6) is 11.6 Å². The molecular formula is C24H28N4O3. The van der Waals surface area contributed by atoms with E-state index in [-0.39, 0.29) is 5.91 Å². The summed E-state index contributed by atoms with van der Waals surface area (Å²) in [5.41, 5.74) is 5.15. The van der Waals surface area contributed by atoms with Gasteiger partial charge in [0, 0.05) is 56.0 Å². The van der Waals surface area contributed by atoms with Gasteiger partial charge in [-0.1, -0.05) is 18.2 Å². The van der Waals surface area contributed by atoms with Crippen molar-refractivity contribution in [3.05, 3.63) is 70.7 Å². The quantitative estimate of drug-likeness (QED) is 0.587. The van der Waals surface area contributed by atoms with Crippen LogP contribution < -0.4 is 9.47 Å². The highest BCUT2D eigenvalue weighted by molar-refractivity contribution is 5.76. The predicted octanol–water partition coefficient (Wildman–Crippen LogP) is 3.23. The molecule has 0 radical (unpaired) electrons. The van der Waals surface area contributed by atoms with Gasteiger partial charge in [-0.15, -0.1) is 0 Å². The summed E-state index contributed by atoms with van der Waals surface area (Å²) in [6.45, 7) is 3.55. The maximum absolute atomic E-state index is 12.9. The second-order valence-corrected chi connectivity index (χ2v) is 7.82. The maximum Gasteiger partial charge on any atom is 0.223 e. The molecule has 7 heteroatoms. The second-order valence-electron chi connectivity index (χ2n) is 7.82. The van der Waals surface area contributed by atoms with Gasteiger partial charge in [0.15, 0.2) is 0 Å². The van der Waals surface area contributed by atoms with Gasteiger partial charge < -0.3 is 14.4 Å². The lowest BCUT2D eigenvalue weighted by atomic mass is 10.0. The number of pyridine rings is 1. The summed E-state index contributed by atoms with van der Waals surface area (Å²) in [6.07, 6.45) is 1.97. The highest BCUT2D eigenvalue weighted by Gasteiger charge is 2.26. The van der Waals surface area contributed by atoms with Crippen LogP contribution >= 0.6 is 0 Å². The number of fused-ring (bicyclic) bond motifs is 1. The summed E-state index contributed by atoms with van der Waals surface area (Å²) in [7, 11) is 3.60. The number of benzene rings is 1. The zero-order valence-corrected chi connectivity index (χ0v) is 18.3. The number of nitrogens with zero attached hydrogens (tertiary/aromatic N) is 4. The molecule has 162 valence electrons. The summed E-state index contributed by atoms with van der Waals surface area (Å²) in [5, 5.41) is 4.65. The average molecular weight is 421 g/mol. The number of rotatable bonds is 7. The number of aromatic nitrogens is 3. The number of ether oxygens (including phenoxy) is 2. The Kier molecular flexibility index (Phi) is 6.21. The van der Waals surface area contributed by atoms with E-state index in [1.807, 2.05) is 66.0 Å². The summed E-state index contributed by atoms with van der Waals surface area (Å²) < 4.78 is 13.1. The molecule has 1 aliphatic rings. The van der Waals surface area contributed by atoms with Gasteiger partial charge in [0.25, 0.3) is 0 Å². The van der Waals surface area contributed by atoms with Crippen LogP contribution in [-0.2, 0) is 37.8 Å². The normalized spacial score (nSPS) is 13.1. The molecule has 3 aromatic rings. The molecule has 1 aromatic carbocycles. The Hall–Kier alpha value is -3.35. The first-order valence-corrected chi connectivity index (χ1v) is 10.5. The third-order valence-electron chi connectivity index (χ3n) is 5.66. The Morgan fingerprint density at radius 2 is 2.03 bits per heavy atom. The van der Waals surface area contributed by atoms with Crippen LogP contribution in [-0.4, -0.2) is 39.2 Å².